The molecule has 4 heteroatoms. The Morgan fingerprint density at radius 3 is 2.53 bits per heavy atom. The Morgan fingerprint density at radius 1 is 1.03 bits per heavy atom. The summed E-state index contributed by atoms with van der Waals surface area (Å²) in [4.78, 5) is 20.5. The topological polar surface area (TPSA) is 42.4 Å². The lowest BCUT2D eigenvalue weighted by molar-refractivity contribution is 0.00907. The van der Waals surface area contributed by atoms with Crippen LogP contribution in [0.2, 0.25) is 0 Å². The van der Waals surface area contributed by atoms with Crippen LogP contribution in [0.3, 0.4) is 0 Å². The van der Waals surface area contributed by atoms with Gasteiger partial charge < -0.3 is 4.74 Å². The maximum atomic E-state index is 13.4. The van der Waals surface area contributed by atoms with Crippen molar-refractivity contribution < 1.29 is 9.53 Å². The smallest absolute Gasteiger partial charge is 0.213 e. The molecule has 5 rings (SSSR count). The molecule has 4 nitrogen and oxygen atoms in total. The van der Waals surface area contributed by atoms with Crippen LogP contribution in [-0.4, -0.2) is 34.9 Å². The lowest BCUT2D eigenvalue weighted by Crippen LogP contribution is -2.52. The first-order valence-corrected chi connectivity index (χ1v) is 11.0. The van der Waals surface area contributed by atoms with Gasteiger partial charge in [-0.15, -0.1) is 0 Å². The number of piperidine rings is 2. The van der Waals surface area contributed by atoms with Crippen LogP contribution in [0.15, 0.2) is 60.7 Å². The largest absolute Gasteiger partial charge is 0.481 e. The molecule has 0 radical (unpaired) electrons. The molecule has 2 aliphatic heterocycles. The van der Waals surface area contributed by atoms with Crippen LogP contribution in [0.1, 0.15) is 48.0 Å². The van der Waals surface area contributed by atoms with Crippen molar-refractivity contribution >= 4 is 16.7 Å². The van der Waals surface area contributed by atoms with Gasteiger partial charge in [0.25, 0.3) is 0 Å². The molecule has 0 saturated carbocycles. The molecule has 2 fully saturated rings. The first-order valence-electron chi connectivity index (χ1n) is 11.0. The minimum absolute atomic E-state index is 0.121. The number of pyridine rings is 1. The van der Waals surface area contributed by atoms with Gasteiger partial charge in [-0.05, 0) is 55.5 Å². The van der Waals surface area contributed by atoms with Gasteiger partial charge in [-0.3, -0.25) is 9.69 Å². The van der Waals surface area contributed by atoms with Gasteiger partial charge in [-0.2, -0.15) is 0 Å². The summed E-state index contributed by atoms with van der Waals surface area (Å²) < 4.78 is 5.21. The van der Waals surface area contributed by atoms with Gasteiger partial charge in [0.15, 0.2) is 5.78 Å². The fourth-order valence-corrected chi connectivity index (χ4v) is 5.35. The van der Waals surface area contributed by atoms with E-state index in [2.05, 4.69) is 40.2 Å². The number of rotatable bonds is 5. The average molecular weight is 401 g/mol. The number of fused-ring (bicyclic) bond motifs is 3. The third kappa shape index (κ3) is 3.72. The Hall–Kier alpha value is -2.72. The van der Waals surface area contributed by atoms with E-state index in [0.717, 1.165) is 35.9 Å². The third-order valence-electron chi connectivity index (χ3n) is 6.86. The van der Waals surface area contributed by atoms with E-state index in [1.54, 1.807) is 7.11 Å². The maximum Gasteiger partial charge on any atom is 0.213 e. The van der Waals surface area contributed by atoms with E-state index in [4.69, 9.17) is 4.74 Å². The Labute approximate surface area is 177 Å². The van der Waals surface area contributed by atoms with Crippen LogP contribution < -0.4 is 4.74 Å². The number of ether oxygens (including phenoxy) is 1. The molecule has 2 atom stereocenters. The Bertz CT molecular complexity index is 1040. The molecule has 0 N–H and O–H groups in total. The van der Waals surface area contributed by atoms with Crippen molar-refractivity contribution in [2.45, 2.75) is 50.7 Å². The lowest BCUT2D eigenvalue weighted by Gasteiger charge is -2.48. The van der Waals surface area contributed by atoms with Gasteiger partial charge in [0, 0.05) is 41.6 Å². The van der Waals surface area contributed by atoms with Gasteiger partial charge in [0.1, 0.15) is 0 Å². The molecule has 2 saturated heterocycles. The minimum Gasteiger partial charge on any atom is -0.481 e. The Balaban J connectivity index is 1.34. The lowest BCUT2D eigenvalue weighted by atomic mass is 9.75. The number of hydrogen-bond donors (Lipinski definition) is 0. The summed E-state index contributed by atoms with van der Waals surface area (Å²) in [5, 5.41) is 0.989. The fourth-order valence-electron chi connectivity index (χ4n) is 5.35. The molecule has 2 unspecified atom stereocenters. The second-order valence-corrected chi connectivity index (χ2v) is 8.69. The maximum absolute atomic E-state index is 13.4. The van der Waals surface area contributed by atoms with Crippen molar-refractivity contribution in [1.29, 1.82) is 0 Å². The number of carbonyl (C=O) groups excluding carboxylic acids is 1. The average Bonchev–Trinajstić information content (AvgIpc) is 2.78. The second kappa shape index (κ2) is 8.19. The summed E-state index contributed by atoms with van der Waals surface area (Å²) in [5.74, 6) is 1.01. The van der Waals surface area contributed by atoms with E-state index in [-0.39, 0.29) is 5.92 Å². The van der Waals surface area contributed by atoms with Crippen LogP contribution in [0.25, 0.3) is 10.9 Å². The van der Waals surface area contributed by atoms with E-state index in [1.165, 1.54) is 24.8 Å². The van der Waals surface area contributed by atoms with Crippen molar-refractivity contribution in [2.24, 2.45) is 5.92 Å². The van der Waals surface area contributed by atoms with E-state index < -0.39 is 0 Å². The molecule has 0 spiro atoms. The molecule has 154 valence electrons. The zero-order chi connectivity index (χ0) is 20.5. The number of Topliss-reactive ketones (excluding diaryl/α,β-unsaturated/α-hetero) is 1. The normalized spacial score (nSPS) is 24.0. The number of benzene rings is 2. The highest BCUT2D eigenvalue weighted by molar-refractivity contribution is 6.01. The van der Waals surface area contributed by atoms with Gasteiger partial charge in [0.05, 0.1) is 12.6 Å². The zero-order valence-electron chi connectivity index (χ0n) is 17.5. The Kier molecular flexibility index (Phi) is 5.26. The van der Waals surface area contributed by atoms with Gasteiger partial charge >= 0.3 is 0 Å². The number of ketones is 1. The molecule has 0 amide bonds. The van der Waals surface area contributed by atoms with Crippen molar-refractivity contribution in [1.82, 2.24) is 9.88 Å². The van der Waals surface area contributed by atoms with Crippen LogP contribution >= 0.6 is 0 Å². The summed E-state index contributed by atoms with van der Waals surface area (Å²) in [5.41, 5.74) is 3.05. The molecular weight excluding hydrogens is 372 g/mol. The molecule has 30 heavy (non-hydrogen) atoms. The predicted molar refractivity (Wildman–Crippen MR) is 119 cm³/mol. The third-order valence-corrected chi connectivity index (χ3v) is 6.86. The van der Waals surface area contributed by atoms with Crippen LogP contribution in [0.4, 0.5) is 0 Å². The van der Waals surface area contributed by atoms with Crippen molar-refractivity contribution in [3.8, 4) is 5.88 Å². The molecular formula is C26H28N2O2. The second-order valence-electron chi connectivity index (χ2n) is 8.69. The van der Waals surface area contributed by atoms with Crippen LogP contribution in [0, 0.1) is 5.92 Å². The van der Waals surface area contributed by atoms with Crippen LogP contribution in [0.5, 0.6) is 5.88 Å². The Morgan fingerprint density at radius 2 is 1.80 bits per heavy atom. The highest BCUT2D eigenvalue weighted by Gasteiger charge is 2.40. The van der Waals surface area contributed by atoms with Gasteiger partial charge in [-0.1, -0.05) is 36.8 Å². The molecule has 2 bridgehead atoms. The SMILES string of the molecule is COc1ccc2cc(C(=O)C3CC4CCCC(C3)N4Cc3ccccc3)ccc2n1. The van der Waals surface area contributed by atoms with Crippen LogP contribution in [-0.2, 0) is 6.54 Å². The molecule has 3 heterocycles. The molecule has 0 aliphatic carbocycles. The molecule has 3 aromatic rings. The summed E-state index contributed by atoms with van der Waals surface area (Å²) >= 11 is 0. The number of methoxy groups -OCH3 is 1. The quantitative estimate of drug-likeness (QED) is 0.548. The summed E-state index contributed by atoms with van der Waals surface area (Å²) in [6.45, 7) is 1.00. The number of aromatic nitrogens is 1. The monoisotopic (exact) mass is 400 g/mol. The molecule has 2 aliphatic rings. The van der Waals surface area contributed by atoms with E-state index in [0.29, 0.717) is 23.7 Å². The van der Waals surface area contributed by atoms with Gasteiger partial charge in [-0.25, -0.2) is 4.98 Å². The minimum atomic E-state index is 0.121. The van der Waals surface area contributed by atoms with E-state index in [1.807, 2.05) is 30.3 Å². The first-order chi connectivity index (χ1) is 14.7. The summed E-state index contributed by atoms with van der Waals surface area (Å²) in [7, 11) is 1.62. The standard InChI is InChI=1S/C26H28N2O2/c1-30-25-13-11-19-14-20(10-12-24(19)27-25)26(29)21-15-22-8-5-9-23(16-21)28(22)17-18-6-3-2-4-7-18/h2-4,6-7,10-14,21-23H,5,8-9,15-17H2,1H3. The van der Waals surface area contributed by atoms with Crippen molar-refractivity contribution in [3.63, 3.8) is 0 Å². The predicted octanol–water partition coefficient (Wildman–Crippen LogP) is 5.26. The number of nitrogens with zero attached hydrogens (tertiary/aromatic N) is 2. The van der Waals surface area contributed by atoms with E-state index in [9.17, 15) is 4.79 Å². The fraction of sp³-hybridized carbons (Fsp3) is 0.385. The van der Waals surface area contributed by atoms with Crippen molar-refractivity contribution in [2.75, 3.05) is 7.11 Å². The zero-order valence-corrected chi connectivity index (χ0v) is 17.5. The molecule has 2 aromatic carbocycles. The molecule has 1 aromatic heterocycles. The van der Waals surface area contributed by atoms with E-state index >= 15 is 0 Å². The van der Waals surface area contributed by atoms with Gasteiger partial charge in [0.2, 0.25) is 5.88 Å². The number of hydrogen-bond acceptors (Lipinski definition) is 4. The number of carbonyl (C=O) groups is 1. The summed E-state index contributed by atoms with van der Waals surface area (Å²) in [6, 6.07) is 21.5. The highest BCUT2D eigenvalue weighted by Crippen LogP contribution is 2.39. The summed E-state index contributed by atoms with van der Waals surface area (Å²) in [6.07, 6.45) is 5.64. The first kappa shape index (κ1) is 19.3. The van der Waals surface area contributed by atoms with Crippen molar-refractivity contribution in [3.05, 3.63) is 71.8 Å². The highest BCUT2D eigenvalue weighted by atomic mass is 16.5.